The number of hydrogen-bond acceptors (Lipinski definition) is 3. The van der Waals surface area contributed by atoms with Crippen molar-refractivity contribution in [2.75, 3.05) is 6.54 Å². The van der Waals surface area contributed by atoms with E-state index in [0.29, 0.717) is 31.9 Å². The number of carbonyl (C=O) groups is 1. The van der Waals surface area contributed by atoms with Crippen molar-refractivity contribution in [2.24, 2.45) is 0 Å². The second-order valence-electron chi connectivity index (χ2n) is 6.56. The van der Waals surface area contributed by atoms with Gasteiger partial charge in [0, 0.05) is 13.1 Å². The number of fused-ring (bicyclic) bond motifs is 1. The van der Waals surface area contributed by atoms with Crippen molar-refractivity contribution in [3.8, 4) is 5.75 Å². The molecule has 5 nitrogen and oxygen atoms in total. The molecule has 0 fully saturated rings. The normalized spacial score (nSPS) is 13.6. The fourth-order valence-electron chi connectivity index (χ4n) is 3.10. The van der Waals surface area contributed by atoms with E-state index in [2.05, 4.69) is 36.3 Å². The summed E-state index contributed by atoms with van der Waals surface area (Å²) in [7, 11) is 0. The molecule has 0 radical (unpaired) electrons. The Morgan fingerprint density at radius 1 is 1.04 bits per heavy atom. The minimum Gasteiger partial charge on any atom is -0.487 e. The quantitative estimate of drug-likeness (QED) is 0.710. The molecule has 1 aliphatic heterocycles. The van der Waals surface area contributed by atoms with Crippen LogP contribution in [0.5, 0.6) is 5.75 Å². The topological polar surface area (TPSA) is 47.4 Å². The first-order valence-electron chi connectivity index (χ1n) is 8.78. The van der Waals surface area contributed by atoms with E-state index in [4.69, 9.17) is 4.74 Å². The second kappa shape index (κ2) is 7.04. The highest BCUT2D eigenvalue weighted by Gasteiger charge is 2.26. The van der Waals surface area contributed by atoms with Crippen LogP contribution in [0, 0.1) is 6.92 Å². The molecule has 26 heavy (non-hydrogen) atoms. The molecule has 0 unspecified atom stereocenters. The lowest BCUT2D eigenvalue weighted by atomic mass is 10.1. The summed E-state index contributed by atoms with van der Waals surface area (Å²) < 4.78 is 7.53. The van der Waals surface area contributed by atoms with Crippen LogP contribution in [-0.2, 0) is 19.7 Å². The molecule has 0 bridgehead atoms. The molecular formula is C21H21N3O2. The Morgan fingerprint density at radius 2 is 1.81 bits per heavy atom. The maximum absolute atomic E-state index is 12.8. The van der Waals surface area contributed by atoms with E-state index < -0.39 is 0 Å². The van der Waals surface area contributed by atoms with Gasteiger partial charge in [-0.3, -0.25) is 9.48 Å². The molecule has 5 heteroatoms. The number of rotatable bonds is 5. The molecule has 2 aromatic carbocycles. The third-order valence-corrected chi connectivity index (χ3v) is 4.54. The predicted octanol–water partition coefficient (Wildman–Crippen LogP) is 3.43. The largest absolute Gasteiger partial charge is 0.487 e. The number of ether oxygens (including phenoxy) is 1. The predicted molar refractivity (Wildman–Crippen MR) is 98.9 cm³/mol. The minimum atomic E-state index is 0.0234. The second-order valence-corrected chi connectivity index (χ2v) is 6.56. The maximum atomic E-state index is 12.8. The van der Waals surface area contributed by atoms with E-state index in [1.807, 2.05) is 41.3 Å². The van der Waals surface area contributed by atoms with Crippen LogP contribution >= 0.6 is 0 Å². The Labute approximate surface area is 152 Å². The monoisotopic (exact) mass is 347 g/mol. The summed E-state index contributed by atoms with van der Waals surface area (Å²) in [5.74, 6) is 0.820. The lowest BCUT2D eigenvalue weighted by Gasteiger charge is -2.27. The molecule has 1 amide bonds. The van der Waals surface area contributed by atoms with Gasteiger partial charge in [0.15, 0.2) is 0 Å². The van der Waals surface area contributed by atoms with Gasteiger partial charge >= 0.3 is 0 Å². The lowest BCUT2D eigenvalue weighted by Crippen LogP contribution is -2.39. The minimum absolute atomic E-state index is 0.0234. The average Bonchev–Trinajstić information content (AvgIpc) is 3.09. The van der Waals surface area contributed by atoms with Gasteiger partial charge in [0.25, 0.3) is 5.91 Å². The van der Waals surface area contributed by atoms with Crippen LogP contribution in [0.15, 0.2) is 60.7 Å². The van der Waals surface area contributed by atoms with Crippen molar-refractivity contribution < 1.29 is 9.53 Å². The molecule has 3 aromatic rings. The number of amides is 1. The van der Waals surface area contributed by atoms with Crippen molar-refractivity contribution in [2.45, 2.75) is 26.6 Å². The zero-order valence-corrected chi connectivity index (χ0v) is 14.8. The number of aryl methyl sites for hydroxylation is 1. The van der Waals surface area contributed by atoms with Crippen LogP contribution in [0.25, 0.3) is 0 Å². The zero-order chi connectivity index (χ0) is 17.9. The van der Waals surface area contributed by atoms with Crippen molar-refractivity contribution in [3.05, 3.63) is 83.2 Å². The summed E-state index contributed by atoms with van der Waals surface area (Å²) in [5.41, 5.74) is 3.77. The number of para-hydroxylation sites is 1. The molecular weight excluding hydrogens is 326 g/mol. The first-order valence-corrected chi connectivity index (χ1v) is 8.78. The van der Waals surface area contributed by atoms with Crippen LogP contribution in [0.1, 0.15) is 27.3 Å². The van der Waals surface area contributed by atoms with Gasteiger partial charge in [-0.2, -0.15) is 5.10 Å². The Morgan fingerprint density at radius 3 is 2.58 bits per heavy atom. The number of nitrogens with zero attached hydrogens (tertiary/aromatic N) is 3. The van der Waals surface area contributed by atoms with E-state index >= 15 is 0 Å². The highest BCUT2D eigenvalue weighted by Crippen LogP contribution is 2.18. The van der Waals surface area contributed by atoms with Crippen LogP contribution in [0.3, 0.4) is 0 Å². The molecule has 132 valence electrons. The Bertz CT molecular complexity index is 901. The molecule has 4 rings (SSSR count). The van der Waals surface area contributed by atoms with Crippen LogP contribution in [0.2, 0.25) is 0 Å². The summed E-state index contributed by atoms with van der Waals surface area (Å²) in [6.07, 6.45) is 0. The Hall–Kier alpha value is -3.08. The zero-order valence-electron chi connectivity index (χ0n) is 14.8. The molecule has 0 aliphatic carbocycles. The smallest absolute Gasteiger partial charge is 0.272 e. The fourth-order valence-corrected chi connectivity index (χ4v) is 3.10. The lowest BCUT2D eigenvalue weighted by molar-refractivity contribution is 0.0683. The first kappa shape index (κ1) is 16.4. The summed E-state index contributed by atoms with van der Waals surface area (Å²) in [6.45, 7) is 4.42. The number of benzene rings is 2. The summed E-state index contributed by atoms with van der Waals surface area (Å²) in [5, 5.41) is 4.51. The third kappa shape index (κ3) is 3.47. The standard InChI is InChI=1S/C21H21N3O2/c1-16-7-9-17(10-8-16)14-23-11-12-24-20(21(23)25)13-18(22-24)15-26-19-5-3-2-4-6-19/h2-10,13H,11-12,14-15H2,1H3. The van der Waals surface area contributed by atoms with E-state index in [0.717, 1.165) is 17.0 Å². The molecule has 0 saturated heterocycles. The number of carbonyl (C=O) groups excluding carboxylic acids is 1. The fraction of sp³-hybridized carbons (Fsp3) is 0.238. The molecule has 0 saturated carbocycles. The van der Waals surface area contributed by atoms with Gasteiger partial charge in [-0.25, -0.2) is 0 Å². The van der Waals surface area contributed by atoms with Crippen molar-refractivity contribution >= 4 is 5.91 Å². The summed E-state index contributed by atoms with van der Waals surface area (Å²) in [4.78, 5) is 14.7. The van der Waals surface area contributed by atoms with Crippen LogP contribution in [0.4, 0.5) is 0 Å². The first-order chi connectivity index (χ1) is 12.7. The third-order valence-electron chi connectivity index (χ3n) is 4.54. The van der Waals surface area contributed by atoms with Gasteiger partial charge in [0.2, 0.25) is 0 Å². The highest BCUT2D eigenvalue weighted by molar-refractivity contribution is 5.93. The van der Waals surface area contributed by atoms with Gasteiger partial charge in [-0.1, -0.05) is 48.0 Å². The summed E-state index contributed by atoms with van der Waals surface area (Å²) >= 11 is 0. The maximum Gasteiger partial charge on any atom is 0.272 e. The number of hydrogen-bond donors (Lipinski definition) is 0. The van der Waals surface area contributed by atoms with Gasteiger partial charge < -0.3 is 9.64 Å². The van der Waals surface area contributed by atoms with E-state index in [1.165, 1.54) is 5.56 Å². The molecule has 2 heterocycles. The van der Waals surface area contributed by atoms with E-state index in [9.17, 15) is 4.79 Å². The van der Waals surface area contributed by atoms with E-state index in [1.54, 1.807) is 4.68 Å². The van der Waals surface area contributed by atoms with Gasteiger partial charge in [-0.15, -0.1) is 0 Å². The summed E-state index contributed by atoms with van der Waals surface area (Å²) in [6, 6.07) is 19.8. The molecule has 0 N–H and O–H groups in total. The molecule has 0 spiro atoms. The van der Waals surface area contributed by atoms with E-state index in [-0.39, 0.29) is 5.91 Å². The molecule has 1 aliphatic rings. The van der Waals surface area contributed by atoms with Gasteiger partial charge in [0.1, 0.15) is 23.7 Å². The molecule has 1 aromatic heterocycles. The Kier molecular flexibility index (Phi) is 4.44. The Balaban J connectivity index is 1.44. The SMILES string of the molecule is Cc1ccc(CN2CCn3nc(COc4ccccc4)cc3C2=O)cc1. The molecule has 0 atom stereocenters. The van der Waals surface area contributed by atoms with Crippen molar-refractivity contribution in [1.82, 2.24) is 14.7 Å². The van der Waals surface area contributed by atoms with Crippen LogP contribution in [-0.4, -0.2) is 27.1 Å². The average molecular weight is 347 g/mol. The van der Waals surface area contributed by atoms with Gasteiger partial charge in [0.05, 0.1) is 6.54 Å². The highest BCUT2D eigenvalue weighted by atomic mass is 16.5. The van der Waals surface area contributed by atoms with Crippen molar-refractivity contribution in [1.29, 1.82) is 0 Å². The van der Waals surface area contributed by atoms with Crippen molar-refractivity contribution in [3.63, 3.8) is 0 Å². The van der Waals surface area contributed by atoms with Gasteiger partial charge in [-0.05, 0) is 30.7 Å². The number of aromatic nitrogens is 2. The van der Waals surface area contributed by atoms with Crippen LogP contribution < -0.4 is 4.74 Å².